The molecule has 37 heavy (non-hydrogen) atoms. The number of hydrogen-bond donors (Lipinski definition) is 1. The first kappa shape index (κ1) is 24.9. The highest BCUT2D eigenvalue weighted by Gasteiger charge is 2.32. The van der Waals surface area contributed by atoms with Gasteiger partial charge >= 0.3 is 0 Å². The third-order valence-corrected chi connectivity index (χ3v) is 7.52. The van der Waals surface area contributed by atoms with Gasteiger partial charge in [0.2, 0.25) is 0 Å². The smallest absolute Gasteiger partial charge is 0.267 e. The fraction of sp³-hybridized carbons (Fsp3) is 0.222. The highest BCUT2D eigenvalue weighted by atomic mass is 32.2. The maximum absolute atomic E-state index is 13.5. The normalized spacial score (nSPS) is 14.7. The number of imidazole rings is 1. The van der Waals surface area contributed by atoms with Gasteiger partial charge in [-0.1, -0.05) is 60.4 Å². The van der Waals surface area contributed by atoms with E-state index in [4.69, 9.17) is 17.2 Å². The first-order valence-electron chi connectivity index (χ1n) is 12.0. The number of anilines is 1. The van der Waals surface area contributed by atoms with Gasteiger partial charge in [0.05, 0.1) is 16.8 Å². The van der Waals surface area contributed by atoms with Crippen LogP contribution in [0.1, 0.15) is 23.1 Å². The number of amides is 1. The van der Waals surface area contributed by atoms with E-state index >= 15 is 0 Å². The molecular weight excluding hydrogens is 504 g/mol. The van der Waals surface area contributed by atoms with Gasteiger partial charge in [-0.25, -0.2) is 9.97 Å². The second kappa shape index (κ2) is 11.1. The molecule has 1 N–H and O–H groups in total. The number of nitrogens with zero attached hydrogens (tertiary/aromatic N) is 5. The van der Waals surface area contributed by atoms with E-state index in [-0.39, 0.29) is 11.5 Å². The third-order valence-electron chi connectivity index (χ3n) is 6.14. The first-order chi connectivity index (χ1) is 18.0. The molecule has 0 spiro atoms. The van der Waals surface area contributed by atoms with Crippen LogP contribution in [-0.4, -0.2) is 47.2 Å². The lowest BCUT2D eigenvalue weighted by molar-refractivity contribution is -0.122. The number of rotatable bonds is 9. The summed E-state index contributed by atoms with van der Waals surface area (Å²) in [6, 6.07) is 13.7. The van der Waals surface area contributed by atoms with Crippen LogP contribution in [0.4, 0.5) is 5.82 Å². The molecule has 0 radical (unpaired) electrons. The number of aryl methyl sites for hydroxylation is 2. The van der Waals surface area contributed by atoms with E-state index in [1.807, 2.05) is 60.2 Å². The van der Waals surface area contributed by atoms with Crippen LogP contribution in [0.3, 0.4) is 0 Å². The molecule has 1 saturated heterocycles. The van der Waals surface area contributed by atoms with E-state index in [0.717, 1.165) is 24.1 Å². The van der Waals surface area contributed by atoms with Gasteiger partial charge in [-0.05, 0) is 43.0 Å². The van der Waals surface area contributed by atoms with Gasteiger partial charge in [0.25, 0.3) is 11.5 Å². The standard InChI is InChI=1S/C27H26N6O2S2/c1-19-7-5-14-32-24(19)30-23(29-11-6-13-31-16-12-28-18-31)21(25(32)34)17-22-26(35)33(27(36)37-22)15-10-20-8-3-2-4-9-20/h2-5,7-9,12,14,16-18,29H,6,10-11,13,15H2,1H3/b22-17-. The maximum Gasteiger partial charge on any atom is 0.267 e. The maximum atomic E-state index is 13.5. The second-order valence-corrected chi connectivity index (χ2v) is 10.4. The Morgan fingerprint density at radius 2 is 1.92 bits per heavy atom. The predicted octanol–water partition coefficient (Wildman–Crippen LogP) is 4.15. The quantitative estimate of drug-likeness (QED) is 0.198. The van der Waals surface area contributed by atoms with Crippen LogP contribution in [0, 0.1) is 6.92 Å². The molecule has 1 aliphatic heterocycles. The summed E-state index contributed by atoms with van der Waals surface area (Å²) in [7, 11) is 0. The molecular formula is C27H26N6O2S2. The largest absolute Gasteiger partial charge is 0.369 e. The minimum Gasteiger partial charge on any atom is -0.369 e. The fourth-order valence-corrected chi connectivity index (χ4v) is 5.46. The highest BCUT2D eigenvalue weighted by Crippen LogP contribution is 2.33. The summed E-state index contributed by atoms with van der Waals surface area (Å²) < 4.78 is 4.01. The molecule has 4 aromatic rings. The van der Waals surface area contributed by atoms with Crippen molar-refractivity contribution in [2.45, 2.75) is 26.3 Å². The van der Waals surface area contributed by atoms with Crippen LogP contribution in [0.15, 0.2) is 77.1 Å². The molecule has 1 amide bonds. The Bertz CT molecular complexity index is 1530. The van der Waals surface area contributed by atoms with Gasteiger partial charge in [0.15, 0.2) is 0 Å². The molecule has 1 fully saturated rings. The second-order valence-electron chi connectivity index (χ2n) is 8.71. The molecule has 8 nitrogen and oxygen atoms in total. The Kier molecular flexibility index (Phi) is 7.47. The number of carbonyl (C=O) groups is 1. The topological polar surface area (TPSA) is 84.5 Å². The van der Waals surface area contributed by atoms with Gasteiger partial charge in [0.1, 0.15) is 15.8 Å². The van der Waals surface area contributed by atoms with Gasteiger partial charge in [-0.3, -0.25) is 18.9 Å². The van der Waals surface area contributed by atoms with Gasteiger partial charge in [0, 0.05) is 38.2 Å². The van der Waals surface area contributed by atoms with Gasteiger partial charge in [-0.15, -0.1) is 0 Å². The first-order valence-corrected chi connectivity index (χ1v) is 13.2. The average Bonchev–Trinajstić information content (AvgIpc) is 3.51. The molecule has 0 bridgehead atoms. The van der Waals surface area contributed by atoms with Crippen LogP contribution in [0.5, 0.6) is 0 Å². The molecule has 0 aliphatic carbocycles. The molecule has 5 rings (SSSR count). The molecule has 1 aromatic carbocycles. The Hall–Kier alpha value is -3.76. The predicted molar refractivity (Wildman–Crippen MR) is 152 cm³/mol. The Morgan fingerprint density at radius 1 is 1.08 bits per heavy atom. The number of carbonyl (C=O) groups excluding carboxylic acids is 1. The van der Waals surface area contributed by atoms with Crippen LogP contribution in [0.2, 0.25) is 0 Å². The number of pyridine rings is 1. The van der Waals surface area contributed by atoms with E-state index in [0.29, 0.717) is 45.8 Å². The summed E-state index contributed by atoms with van der Waals surface area (Å²) in [6.45, 7) is 3.79. The van der Waals surface area contributed by atoms with Crippen LogP contribution in [-0.2, 0) is 17.8 Å². The van der Waals surface area contributed by atoms with Gasteiger partial charge in [-0.2, -0.15) is 0 Å². The van der Waals surface area contributed by atoms with Crippen LogP contribution < -0.4 is 10.9 Å². The molecule has 4 heterocycles. The molecule has 0 saturated carbocycles. The van der Waals surface area contributed by atoms with E-state index in [1.54, 1.807) is 29.7 Å². The zero-order chi connectivity index (χ0) is 25.8. The number of thiocarbonyl (C=S) groups is 1. The van der Waals surface area contributed by atoms with Crippen molar-refractivity contribution in [2.24, 2.45) is 0 Å². The minimum atomic E-state index is -0.236. The molecule has 0 atom stereocenters. The van der Waals surface area contributed by atoms with E-state index < -0.39 is 0 Å². The lowest BCUT2D eigenvalue weighted by atomic mass is 10.1. The zero-order valence-electron chi connectivity index (χ0n) is 20.3. The third kappa shape index (κ3) is 5.50. The number of thioether (sulfide) groups is 1. The van der Waals surface area contributed by atoms with Crippen molar-refractivity contribution >= 4 is 51.7 Å². The molecule has 0 unspecified atom stereocenters. The lowest BCUT2D eigenvalue weighted by Crippen LogP contribution is -2.30. The van der Waals surface area contributed by atoms with Crippen molar-refractivity contribution in [3.63, 3.8) is 0 Å². The van der Waals surface area contributed by atoms with E-state index in [2.05, 4.69) is 10.3 Å². The fourth-order valence-electron chi connectivity index (χ4n) is 4.17. The monoisotopic (exact) mass is 530 g/mol. The Morgan fingerprint density at radius 3 is 2.70 bits per heavy atom. The summed E-state index contributed by atoms with van der Waals surface area (Å²) in [5.74, 6) is 0.269. The summed E-state index contributed by atoms with van der Waals surface area (Å²) in [5.41, 5.74) is 2.71. The highest BCUT2D eigenvalue weighted by molar-refractivity contribution is 8.26. The summed E-state index contributed by atoms with van der Waals surface area (Å²) in [6.07, 6.45) is 10.3. The van der Waals surface area contributed by atoms with Crippen LogP contribution in [0.25, 0.3) is 11.7 Å². The van der Waals surface area contributed by atoms with Crippen molar-refractivity contribution in [1.29, 1.82) is 0 Å². The molecule has 10 heteroatoms. The Balaban J connectivity index is 1.42. The van der Waals surface area contributed by atoms with Crippen molar-refractivity contribution in [3.8, 4) is 0 Å². The van der Waals surface area contributed by atoms with E-state index in [9.17, 15) is 9.59 Å². The van der Waals surface area contributed by atoms with Crippen molar-refractivity contribution in [1.82, 2.24) is 23.8 Å². The van der Waals surface area contributed by atoms with E-state index in [1.165, 1.54) is 16.2 Å². The molecule has 188 valence electrons. The SMILES string of the molecule is Cc1cccn2c(=O)c(/C=C3\SC(=S)N(CCc4ccccc4)C3=O)c(NCCCn3ccnc3)nc12. The number of nitrogens with one attached hydrogen (secondary N) is 1. The van der Waals surface area contributed by atoms with Crippen LogP contribution >= 0.6 is 24.0 Å². The number of fused-ring (bicyclic) bond motifs is 1. The zero-order valence-corrected chi connectivity index (χ0v) is 22.0. The van der Waals surface area contributed by atoms with Crippen molar-refractivity contribution < 1.29 is 4.79 Å². The lowest BCUT2D eigenvalue weighted by Gasteiger charge is -2.14. The molecule has 3 aromatic heterocycles. The summed E-state index contributed by atoms with van der Waals surface area (Å²) in [5, 5.41) is 3.32. The van der Waals surface area contributed by atoms with Crippen molar-refractivity contribution in [3.05, 3.63) is 99.3 Å². The Labute approximate surface area is 224 Å². The number of benzene rings is 1. The van der Waals surface area contributed by atoms with Gasteiger partial charge < -0.3 is 9.88 Å². The van der Waals surface area contributed by atoms with Crippen molar-refractivity contribution in [2.75, 3.05) is 18.4 Å². The number of aromatic nitrogens is 4. The molecule has 1 aliphatic rings. The summed E-state index contributed by atoms with van der Waals surface area (Å²) in [4.78, 5) is 37.7. The summed E-state index contributed by atoms with van der Waals surface area (Å²) >= 11 is 6.74. The average molecular weight is 531 g/mol. The minimum absolute atomic E-state index is 0.189. The number of hydrogen-bond acceptors (Lipinski definition) is 7.